The van der Waals surface area contributed by atoms with Crippen molar-refractivity contribution in [1.82, 2.24) is 5.32 Å². The van der Waals surface area contributed by atoms with Gasteiger partial charge in [-0.15, -0.1) is 0 Å². The minimum atomic E-state index is 1.06. The van der Waals surface area contributed by atoms with Gasteiger partial charge in [0.1, 0.15) is 0 Å². The first-order chi connectivity index (χ1) is 5.91. The lowest BCUT2D eigenvalue weighted by Crippen LogP contribution is -2.07. The normalized spacial score (nSPS) is 10.5. The third-order valence-electron chi connectivity index (χ3n) is 2.05. The van der Waals surface area contributed by atoms with Crippen molar-refractivity contribution in [3.63, 3.8) is 0 Å². The Kier molecular flexibility index (Phi) is 10.9. The summed E-state index contributed by atoms with van der Waals surface area (Å²) in [5.41, 5.74) is 0. The fourth-order valence-corrected chi connectivity index (χ4v) is 1.27. The summed E-state index contributed by atoms with van der Waals surface area (Å²) in [7, 11) is 0. The Bertz CT molecular complexity index is 61.4. The molecule has 0 amide bonds. The van der Waals surface area contributed by atoms with E-state index in [1.54, 1.807) is 0 Å². The lowest BCUT2D eigenvalue weighted by Gasteiger charge is -2.00. The van der Waals surface area contributed by atoms with E-state index in [-0.39, 0.29) is 0 Å². The topological polar surface area (TPSA) is 14.1 Å². The molecule has 0 spiro atoms. The van der Waals surface area contributed by atoms with Crippen LogP contribution in [0.3, 0.4) is 0 Å². The van der Waals surface area contributed by atoms with Crippen LogP contribution in [0.1, 0.15) is 58.8 Å². The van der Waals surface area contributed by atoms with Crippen molar-refractivity contribution in [2.75, 3.05) is 13.1 Å². The van der Waals surface area contributed by atoms with E-state index in [1.165, 1.54) is 44.9 Å². The first-order valence-corrected chi connectivity index (χ1v) is 5.55. The van der Waals surface area contributed by atoms with E-state index in [0.29, 0.717) is 0 Å². The van der Waals surface area contributed by atoms with Gasteiger partial charge in [0.25, 0.3) is 0 Å². The minimum Gasteiger partial charge on any atom is -0.242 e. The van der Waals surface area contributed by atoms with Crippen LogP contribution in [0.25, 0.3) is 0 Å². The van der Waals surface area contributed by atoms with Crippen LogP contribution >= 0.6 is 0 Å². The van der Waals surface area contributed by atoms with Gasteiger partial charge in [-0.2, -0.15) is 0 Å². The monoisotopic (exact) mass is 170 g/mol. The van der Waals surface area contributed by atoms with E-state index in [4.69, 9.17) is 0 Å². The van der Waals surface area contributed by atoms with Gasteiger partial charge in [-0.25, -0.2) is 5.32 Å². The van der Waals surface area contributed by atoms with Crippen molar-refractivity contribution in [2.45, 2.75) is 58.8 Å². The van der Waals surface area contributed by atoms with Crippen LogP contribution in [-0.4, -0.2) is 13.1 Å². The van der Waals surface area contributed by atoms with Gasteiger partial charge in [-0.1, -0.05) is 46.0 Å². The van der Waals surface area contributed by atoms with E-state index in [0.717, 1.165) is 13.1 Å². The summed E-state index contributed by atoms with van der Waals surface area (Å²) in [5.74, 6) is 0. The van der Waals surface area contributed by atoms with Gasteiger partial charge in [-0.3, -0.25) is 0 Å². The highest BCUT2D eigenvalue weighted by atomic mass is 14.8. The fourth-order valence-electron chi connectivity index (χ4n) is 1.27. The molecule has 0 aromatic rings. The summed E-state index contributed by atoms with van der Waals surface area (Å²) in [5, 5.41) is 4.41. The highest BCUT2D eigenvalue weighted by Crippen LogP contribution is 2.04. The Morgan fingerprint density at radius 2 is 1.33 bits per heavy atom. The largest absolute Gasteiger partial charge is 0.242 e. The maximum Gasteiger partial charge on any atom is 0.0133 e. The molecule has 73 valence electrons. The van der Waals surface area contributed by atoms with E-state index in [2.05, 4.69) is 19.2 Å². The summed E-state index contributed by atoms with van der Waals surface area (Å²) in [6, 6.07) is 0. The Morgan fingerprint density at radius 1 is 0.667 bits per heavy atom. The first-order valence-electron chi connectivity index (χ1n) is 5.55. The Labute approximate surface area is 77.9 Å². The zero-order valence-electron chi connectivity index (χ0n) is 8.81. The molecule has 1 nitrogen and oxygen atoms in total. The Hall–Kier alpha value is -0.0400. The second-order valence-electron chi connectivity index (χ2n) is 3.44. The van der Waals surface area contributed by atoms with Gasteiger partial charge in [0.2, 0.25) is 0 Å². The summed E-state index contributed by atoms with van der Waals surface area (Å²) in [6.45, 7) is 6.61. The lowest BCUT2D eigenvalue weighted by atomic mass is 10.1. The van der Waals surface area contributed by atoms with Crippen molar-refractivity contribution in [1.29, 1.82) is 0 Å². The number of hydrogen-bond donors (Lipinski definition) is 0. The molecule has 1 radical (unpaired) electrons. The third-order valence-corrected chi connectivity index (χ3v) is 2.05. The predicted molar refractivity (Wildman–Crippen MR) is 55.5 cm³/mol. The fraction of sp³-hybridized carbons (Fsp3) is 1.00. The van der Waals surface area contributed by atoms with Crippen LogP contribution < -0.4 is 5.32 Å². The van der Waals surface area contributed by atoms with Crippen LogP contribution in [0.15, 0.2) is 0 Å². The van der Waals surface area contributed by atoms with Gasteiger partial charge in [-0.05, 0) is 12.8 Å². The standard InChI is InChI=1S/C11H24N/c1-3-5-6-7-8-9-11-12-10-4-2/h3-11H2,1-2H3. The molecule has 0 aliphatic carbocycles. The summed E-state index contributed by atoms with van der Waals surface area (Å²) in [4.78, 5) is 0. The predicted octanol–water partition coefficient (Wildman–Crippen LogP) is 3.36. The molecule has 0 aliphatic rings. The molecule has 0 heterocycles. The van der Waals surface area contributed by atoms with Gasteiger partial charge >= 0.3 is 0 Å². The highest BCUT2D eigenvalue weighted by molar-refractivity contribution is 4.47. The molecule has 0 aromatic heterocycles. The summed E-state index contributed by atoms with van der Waals surface area (Å²) < 4.78 is 0. The summed E-state index contributed by atoms with van der Waals surface area (Å²) >= 11 is 0. The van der Waals surface area contributed by atoms with Crippen molar-refractivity contribution in [2.24, 2.45) is 0 Å². The molecular weight excluding hydrogens is 146 g/mol. The Morgan fingerprint density at radius 3 is 2.00 bits per heavy atom. The average molecular weight is 170 g/mol. The van der Waals surface area contributed by atoms with Crippen LogP contribution in [0.5, 0.6) is 0 Å². The highest BCUT2D eigenvalue weighted by Gasteiger charge is 1.89. The van der Waals surface area contributed by atoms with Crippen LogP contribution in [-0.2, 0) is 0 Å². The number of nitrogens with zero attached hydrogens (tertiary/aromatic N) is 1. The van der Waals surface area contributed by atoms with Crippen molar-refractivity contribution in [3.05, 3.63) is 0 Å². The SMILES string of the molecule is CCCCCCCC[N]CCC. The lowest BCUT2D eigenvalue weighted by molar-refractivity contribution is 0.565. The average Bonchev–Trinajstić information content (AvgIpc) is 2.10. The molecule has 0 aliphatic heterocycles. The minimum absolute atomic E-state index is 1.06. The van der Waals surface area contributed by atoms with Crippen molar-refractivity contribution in [3.8, 4) is 0 Å². The first kappa shape index (κ1) is 12.0. The van der Waals surface area contributed by atoms with E-state index in [1.807, 2.05) is 0 Å². The van der Waals surface area contributed by atoms with Crippen molar-refractivity contribution >= 4 is 0 Å². The zero-order chi connectivity index (χ0) is 9.07. The third kappa shape index (κ3) is 9.96. The zero-order valence-corrected chi connectivity index (χ0v) is 8.81. The van der Waals surface area contributed by atoms with E-state index in [9.17, 15) is 0 Å². The molecule has 0 saturated heterocycles. The van der Waals surface area contributed by atoms with Gasteiger partial charge in [0.15, 0.2) is 0 Å². The molecular formula is C11H24N. The van der Waals surface area contributed by atoms with Gasteiger partial charge in [0.05, 0.1) is 0 Å². The van der Waals surface area contributed by atoms with E-state index < -0.39 is 0 Å². The second-order valence-corrected chi connectivity index (χ2v) is 3.44. The molecule has 0 fully saturated rings. The number of rotatable bonds is 9. The van der Waals surface area contributed by atoms with Gasteiger partial charge in [0, 0.05) is 13.1 Å². The van der Waals surface area contributed by atoms with Gasteiger partial charge < -0.3 is 0 Å². The molecule has 1 heteroatoms. The maximum absolute atomic E-state index is 4.41. The molecule has 0 N–H and O–H groups in total. The summed E-state index contributed by atoms with van der Waals surface area (Å²) in [6.07, 6.45) is 9.48. The van der Waals surface area contributed by atoms with Crippen LogP contribution in [0, 0.1) is 0 Å². The molecule has 0 atom stereocenters. The molecule has 12 heavy (non-hydrogen) atoms. The molecule has 0 unspecified atom stereocenters. The van der Waals surface area contributed by atoms with Crippen molar-refractivity contribution < 1.29 is 0 Å². The van der Waals surface area contributed by atoms with E-state index >= 15 is 0 Å². The Balaban J connectivity index is 2.73. The van der Waals surface area contributed by atoms with Crippen LogP contribution in [0.4, 0.5) is 0 Å². The molecule has 0 saturated carbocycles. The molecule has 0 bridgehead atoms. The maximum atomic E-state index is 4.41. The number of unbranched alkanes of at least 4 members (excludes halogenated alkanes) is 5. The smallest absolute Gasteiger partial charge is 0.0133 e. The van der Waals surface area contributed by atoms with Crippen LogP contribution in [0.2, 0.25) is 0 Å². The molecule has 0 rings (SSSR count). The quantitative estimate of drug-likeness (QED) is 0.471. The number of hydrogen-bond acceptors (Lipinski definition) is 0. The second kappa shape index (κ2) is 11.0. The molecule has 0 aromatic carbocycles.